The zero-order valence-corrected chi connectivity index (χ0v) is 13.7. The predicted octanol–water partition coefficient (Wildman–Crippen LogP) is 3.61. The van der Waals surface area contributed by atoms with Crippen LogP contribution < -0.4 is 24.7 Å². The zero-order valence-electron chi connectivity index (χ0n) is 13.7. The first-order valence-electron chi connectivity index (χ1n) is 7.33. The van der Waals surface area contributed by atoms with Gasteiger partial charge < -0.3 is 24.7 Å². The number of ether oxygens (including phenoxy) is 4. The van der Waals surface area contributed by atoms with Crippen LogP contribution in [0.2, 0.25) is 0 Å². The summed E-state index contributed by atoms with van der Waals surface area (Å²) in [6, 6.07) is 9.30. The molecule has 0 aliphatic carbocycles. The maximum absolute atomic E-state index is 12.7. The first-order valence-corrected chi connectivity index (χ1v) is 7.33. The fraction of sp³-hybridized carbons (Fsp3) is 0.294. The third-order valence-corrected chi connectivity index (χ3v) is 3.26. The Labute approximate surface area is 143 Å². The molecule has 0 aliphatic rings. The van der Waals surface area contributed by atoms with Crippen LogP contribution in [0.3, 0.4) is 0 Å². The van der Waals surface area contributed by atoms with Crippen molar-refractivity contribution in [2.75, 3.05) is 27.4 Å². The number of halogens is 3. The van der Waals surface area contributed by atoms with E-state index in [-0.39, 0.29) is 18.9 Å². The highest BCUT2D eigenvalue weighted by Crippen LogP contribution is 2.38. The Morgan fingerprint density at radius 3 is 1.92 bits per heavy atom. The molecular formula is C17H18F3NO4. The van der Waals surface area contributed by atoms with Crippen LogP contribution >= 0.6 is 0 Å². The summed E-state index contributed by atoms with van der Waals surface area (Å²) in [7, 11) is 2.97. The quantitative estimate of drug-likeness (QED) is 0.820. The van der Waals surface area contributed by atoms with Crippen molar-refractivity contribution in [1.29, 1.82) is 0 Å². The number of alkyl halides is 3. The Morgan fingerprint density at radius 1 is 0.840 bits per heavy atom. The van der Waals surface area contributed by atoms with Crippen LogP contribution in [0.15, 0.2) is 36.4 Å². The van der Waals surface area contributed by atoms with Gasteiger partial charge in [-0.3, -0.25) is 0 Å². The van der Waals surface area contributed by atoms with Gasteiger partial charge in [0.2, 0.25) is 0 Å². The minimum atomic E-state index is -4.84. The molecule has 0 unspecified atom stereocenters. The van der Waals surface area contributed by atoms with Gasteiger partial charge in [-0.2, -0.15) is 0 Å². The number of methoxy groups -OCH3 is 2. The van der Waals surface area contributed by atoms with Gasteiger partial charge in [0.05, 0.1) is 14.2 Å². The molecule has 2 aromatic carbocycles. The van der Waals surface area contributed by atoms with Gasteiger partial charge in [0.25, 0.3) is 0 Å². The van der Waals surface area contributed by atoms with Gasteiger partial charge >= 0.3 is 6.36 Å². The van der Waals surface area contributed by atoms with Crippen LogP contribution in [0.25, 0.3) is 11.1 Å². The van der Waals surface area contributed by atoms with E-state index < -0.39 is 12.1 Å². The van der Waals surface area contributed by atoms with Gasteiger partial charge in [-0.25, -0.2) is 0 Å². The average Bonchev–Trinajstić information content (AvgIpc) is 2.58. The van der Waals surface area contributed by atoms with Crippen LogP contribution in [0.4, 0.5) is 13.2 Å². The third kappa shape index (κ3) is 4.93. The van der Waals surface area contributed by atoms with Crippen molar-refractivity contribution in [2.45, 2.75) is 6.36 Å². The number of rotatable bonds is 7. The lowest BCUT2D eigenvalue weighted by Crippen LogP contribution is -2.18. The molecule has 0 spiro atoms. The van der Waals surface area contributed by atoms with E-state index in [0.29, 0.717) is 22.6 Å². The van der Waals surface area contributed by atoms with Crippen molar-refractivity contribution in [3.63, 3.8) is 0 Å². The van der Waals surface area contributed by atoms with Crippen LogP contribution in [-0.4, -0.2) is 33.7 Å². The summed E-state index contributed by atoms with van der Waals surface area (Å²) >= 11 is 0. The lowest BCUT2D eigenvalue weighted by molar-refractivity contribution is -0.275. The van der Waals surface area contributed by atoms with Crippen LogP contribution in [-0.2, 0) is 0 Å². The van der Waals surface area contributed by atoms with Crippen LogP contribution in [0, 0.1) is 0 Å². The summed E-state index contributed by atoms with van der Waals surface area (Å²) in [6.45, 7) is 0.243. The van der Waals surface area contributed by atoms with E-state index in [0.717, 1.165) is 0 Å². The largest absolute Gasteiger partial charge is 0.573 e. The molecule has 2 N–H and O–H groups in total. The molecular weight excluding hydrogens is 339 g/mol. The van der Waals surface area contributed by atoms with Crippen molar-refractivity contribution in [3.05, 3.63) is 36.4 Å². The summed E-state index contributed by atoms with van der Waals surface area (Å²) in [5.41, 5.74) is 6.45. The second kappa shape index (κ2) is 7.98. The molecule has 0 atom stereocenters. The Bertz CT molecular complexity index is 720. The molecule has 2 rings (SSSR count). The molecule has 136 valence electrons. The zero-order chi connectivity index (χ0) is 18.4. The molecule has 0 radical (unpaired) electrons. The Morgan fingerprint density at radius 2 is 1.40 bits per heavy atom. The van der Waals surface area contributed by atoms with E-state index in [9.17, 15) is 13.2 Å². The average molecular weight is 357 g/mol. The molecule has 0 aromatic heterocycles. The summed E-state index contributed by atoms with van der Waals surface area (Å²) in [5, 5.41) is 0. The van der Waals surface area contributed by atoms with Gasteiger partial charge in [0, 0.05) is 6.54 Å². The van der Waals surface area contributed by atoms with Crippen molar-refractivity contribution >= 4 is 0 Å². The SMILES string of the molecule is COc1ccc(-c2ccc(OCCN)c(OC(F)(F)F)c2)cc1OC. The maximum Gasteiger partial charge on any atom is 0.573 e. The maximum atomic E-state index is 12.7. The summed E-state index contributed by atoms with van der Waals surface area (Å²) in [5.74, 6) is 0.503. The monoisotopic (exact) mass is 357 g/mol. The molecule has 0 bridgehead atoms. The van der Waals surface area contributed by atoms with Crippen LogP contribution in [0.1, 0.15) is 0 Å². The standard InChI is InChI=1S/C17H18F3NO4/c1-22-13-5-3-11(9-15(13)23-2)12-4-6-14(24-8-7-21)16(10-12)25-17(18,19)20/h3-6,9-10H,7-8,21H2,1-2H3. The molecule has 0 saturated heterocycles. The normalized spacial score (nSPS) is 11.1. The topological polar surface area (TPSA) is 62.9 Å². The highest BCUT2D eigenvalue weighted by Gasteiger charge is 2.32. The highest BCUT2D eigenvalue weighted by molar-refractivity contribution is 5.70. The Hall–Kier alpha value is -2.61. The lowest BCUT2D eigenvalue weighted by Gasteiger charge is -2.16. The van der Waals surface area contributed by atoms with Gasteiger partial charge in [0.1, 0.15) is 6.61 Å². The molecule has 2 aromatic rings. The fourth-order valence-electron chi connectivity index (χ4n) is 2.20. The Balaban J connectivity index is 2.43. The molecule has 5 nitrogen and oxygen atoms in total. The molecule has 8 heteroatoms. The lowest BCUT2D eigenvalue weighted by atomic mass is 10.0. The van der Waals surface area contributed by atoms with E-state index in [4.69, 9.17) is 19.9 Å². The highest BCUT2D eigenvalue weighted by atomic mass is 19.4. The third-order valence-electron chi connectivity index (χ3n) is 3.26. The number of hydrogen-bond acceptors (Lipinski definition) is 5. The first kappa shape index (κ1) is 18.7. The van der Waals surface area contributed by atoms with Crippen molar-refractivity contribution in [3.8, 4) is 34.1 Å². The molecule has 0 fully saturated rings. The fourth-order valence-corrected chi connectivity index (χ4v) is 2.20. The predicted molar refractivity (Wildman–Crippen MR) is 86.2 cm³/mol. The first-order chi connectivity index (χ1) is 11.9. The number of hydrogen-bond donors (Lipinski definition) is 1. The molecule has 0 aliphatic heterocycles. The minimum absolute atomic E-state index is 0.0352. The second-order valence-corrected chi connectivity index (χ2v) is 4.92. The summed E-state index contributed by atoms with van der Waals surface area (Å²) < 4.78 is 57.6. The van der Waals surface area contributed by atoms with Gasteiger partial charge in [-0.1, -0.05) is 12.1 Å². The van der Waals surface area contributed by atoms with Crippen molar-refractivity contribution in [1.82, 2.24) is 0 Å². The minimum Gasteiger partial charge on any atom is -0.493 e. The van der Waals surface area contributed by atoms with E-state index in [2.05, 4.69) is 4.74 Å². The molecule has 0 amide bonds. The number of benzene rings is 2. The summed E-state index contributed by atoms with van der Waals surface area (Å²) in [4.78, 5) is 0. The van der Waals surface area contributed by atoms with E-state index >= 15 is 0 Å². The van der Waals surface area contributed by atoms with E-state index in [1.54, 1.807) is 24.3 Å². The summed E-state index contributed by atoms with van der Waals surface area (Å²) in [6.07, 6.45) is -4.84. The molecule has 0 heterocycles. The second-order valence-electron chi connectivity index (χ2n) is 4.92. The smallest absolute Gasteiger partial charge is 0.493 e. The molecule has 25 heavy (non-hydrogen) atoms. The molecule has 0 saturated carbocycles. The Kier molecular flexibility index (Phi) is 5.97. The van der Waals surface area contributed by atoms with Gasteiger partial charge in [-0.05, 0) is 35.4 Å². The van der Waals surface area contributed by atoms with Crippen molar-refractivity contribution in [2.24, 2.45) is 5.73 Å². The van der Waals surface area contributed by atoms with E-state index in [1.807, 2.05) is 0 Å². The van der Waals surface area contributed by atoms with Crippen LogP contribution in [0.5, 0.6) is 23.0 Å². The van der Waals surface area contributed by atoms with E-state index in [1.165, 1.54) is 26.4 Å². The number of nitrogens with two attached hydrogens (primary N) is 1. The van der Waals surface area contributed by atoms with Gasteiger partial charge in [-0.15, -0.1) is 13.2 Å². The van der Waals surface area contributed by atoms with Crippen molar-refractivity contribution < 1.29 is 32.1 Å². The van der Waals surface area contributed by atoms with Gasteiger partial charge in [0.15, 0.2) is 23.0 Å².